The van der Waals surface area contributed by atoms with E-state index in [1.54, 1.807) is 0 Å². The van der Waals surface area contributed by atoms with Crippen molar-refractivity contribution in [3.05, 3.63) is 0 Å². The van der Waals surface area contributed by atoms with E-state index in [0.717, 1.165) is 30.1 Å². The summed E-state index contributed by atoms with van der Waals surface area (Å²) in [5.74, 6) is 4.30. The molecule has 0 N–H and O–H groups in total. The zero-order chi connectivity index (χ0) is 15.5. The van der Waals surface area contributed by atoms with Crippen LogP contribution in [0.2, 0.25) is 0 Å². The molecule has 0 amide bonds. The first kappa shape index (κ1) is 15.2. The van der Waals surface area contributed by atoms with E-state index in [2.05, 4.69) is 20.8 Å². The molecule has 4 saturated carbocycles. The van der Waals surface area contributed by atoms with Crippen molar-refractivity contribution < 1.29 is 4.79 Å². The fourth-order valence-corrected chi connectivity index (χ4v) is 7.88. The fraction of sp³-hybridized carbons (Fsp3) is 0.952. The zero-order valence-electron chi connectivity index (χ0n) is 14.9. The topological polar surface area (TPSA) is 17.1 Å². The Morgan fingerprint density at radius 2 is 1.82 bits per heavy atom. The van der Waals surface area contributed by atoms with Crippen molar-refractivity contribution in [1.82, 2.24) is 0 Å². The minimum atomic E-state index is 0.338. The van der Waals surface area contributed by atoms with Crippen LogP contribution in [-0.2, 0) is 4.79 Å². The van der Waals surface area contributed by atoms with Crippen LogP contribution in [-0.4, -0.2) is 5.78 Å². The molecule has 0 unspecified atom stereocenters. The summed E-state index contributed by atoms with van der Waals surface area (Å²) < 4.78 is 0. The Morgan fingerprint density at radius 3 is 2.59 bits per heavy atom. The third-order valence-electron chi connectivity index (χ3n) is 8.96. The van der Waals surface area contributed by atoms with Crippen LogP contribution in [0, 0.1) is 40.4 Å². The van der Waals surface area contributed by atoms with Gasteiger partial charge in [-0.25, -0.2) is 0 Å². The summed E-state index contributed by atoms with van der Waals surface area (Å²) in [7, 11) is 0. The van der Waals surface area contributed by atoms with Gasteiger partial charge in [0.2, 0.25) is 0 Å². The molecule has 4 aliphatic rings. The summed E-state index contributed by atoms with van der Waals surface area (Å²) in [5.41, 5.74) is 0.689. The van der Waals surface area contributed by atoms with E-state index >= 15 is 0 Å². The van der Waals surface area contributed by atoms with Crippen LogP contribution in [0.3, 0.4) is 0 Å². The maximum atomic E-state index is 13.3. The van der Waals surface area contributed by atoms with Gasteiger partial charge in [0.25, 0.3) is 0 Å². The van der Waals surface area contributed by atoms with Gasteiger partial charge >= 0.3 is 0 Å². The van der Waals surface area contributed by atoms with E-state index in [1.807, 2.05) is 0 Å². The first-order chi connectivity index (χ1) is 10.5. The van der Waals surface area contributed by atoms with Gasteiger partial charge in [-0.2, -0.15) is 0 Å². The minimum absolute atomic E-state index is 0.338. The Hall–Kier alpha value is -0.330. The van der Waals surface area contributed by atoms with Crippen LogP contribution in [0.4, 0.5) is 0 Å². The van der Waals surface area contributed by atoms with Gasteiger partial charge in [-0.1, -0.05) is 40.0 Å². The number of rotatable bonds is 1. The Bertz CT molecular complexity index is 469. The molecule has 1 nitrogen and oxygen atoms in total. The van der Waals surface area contributed by atoms with Crippen molar-refractivity contribution in [3.8, 4) is 0 Å². The summed E-state index contributed by atoms with van der Waals surface area (Å²) in [6, 6.07) is 0. The summed E-state index contributed by atoms with van der Waals surface area (Å²) >= 11 is 0. The van der Waals surface area contributed by atoms with Crippen molar-refractivity contribution in [1.29, 1.82) is 0 Å². The van der Waals surface area contributed by atoms with Crippen molar-refractivity contribution in [2.24, 2.45) is 40.4 Å². The maximum Gasteiger partial charge on any atom is 0.137 e. The van der Waals surface area contributed by atoms with Crippen LogP contribution in [0.15, 0.2) is 0 Å². The first-order valence-corrected chi connectivity index (χ1v) is 10.0. The first-order valence-electron chi connectivity index (χ1n) is 10.0. The molecule has 22 heavy (non-hydrogen) atoms. The number of fused-ring (bicyclic) bond motifs is 5. The molecule has 1 heteroatoms. The zero-order valence-corrected chi connectivity index (χ0v) is 14.9. The number of hydrogen-bond acceptors (Lipinski definition) is 1. The van der Waals surface area contributed by atoms with Crippen LogP contribution in [0.25, 0.3) is 0 Å². The molecule has 4 fully saturated rings. The normalized spacial score (nSPS) is 54.5. The van der Waals surface area contributed by atoms with Crippen molar-refractivity contribution in [3.63, 3.8) is 0 Å². The highest BCUT2D eigenvalue weighted by Gasteiger charge is 2.62. The largest absolute Gasteiger partial charge is 0.299 e. The Balaban J connectivity index is 1.69. The molecule has 7 atom stereocenters. The van der Waals surface area contributed by atoms with Crippen LogP contribution >= 0.6 is 0 Å². The summed E-state index contributed by atoms with van der Waals surface area (Å²) in [6.07, 6.45) is 13.2. The van der Waals surface area contributed by atoms with Gasteiger partial charge in [-0.3, -0.25) is 4.79 Å². The highest BCUT2D eigenvalue weighted by molar-refractivity contribution is 5.84. The molecular formula is C21H34O. The fourth-order valence-electron chi connectivity index (χ4n) is 7.88. The van der Waals surface area contributed by atoms with Crippen LogP contribution in [0.1, 0.15) is 85.0 Å². The lowest BCUT2D eigenvalue weighted by atomic mass is 9.44. The Kier molecular flexibility index (Phi) is 3.51. The SMILES string of the molecule is CC[C@@H]1CC[C@@H]2[C@@H]3CC[C@H]4CCCC[C@]4(C)[C@H]3C(=O)C[C@]12C. The summed E-state index contributed by atoms with van der Waals surface area (Å²) in [4.78, 5) is 13.3. The lowest BCUT2D eigenvalue weighted by molar-refractivity contribution is -0.157. The average molecular weight is 303 g/mol. The molecular weight excluding hydrogens is 268 g/mol. The van der Waals surface area contributed by atoms with Gasteiger partial charge in [0, 0.05) is 12.3 Å². The number of carbonyl (C=O) groups is 1. The second kappa shape index (κ2) is 5.08. The third-order valence-corrected chi connectivity index (χ3v) is 8.96. The number of ketones is 1. The quantitative estimate of drug-likeness (QED) is 0.614. The minimum Gasteiger partial charge on any atom is -0.299 e. The maximum absolute atomic E-state index is 13.3. The molecule has 124 valence electrons. The standard InChI is InChI=1S/C21H34O/c1-4-14-9-11-17-16-10-8-15-7-5-6-12-20(15,2)19(16)18(22)13-21(14,17)3/h14-17,19H,4-13H2,1-3H3/t14-,15-,16+,17-,19-,20+,21-/m1/s1. The summed E-state index contributed by atoms with van der Waals surface area (Å²) in [6.45, 7) is 7.32. The highest BCUT2D eigenvalue weighted by Crippen LogP contribution is 2.66. The average Bonchev–Trinajstić information content (AvgIpc) is 2.82. The van der Waals surface area contributed by atoms with E-state index in [-0.39, 0.29) is 0 Å². The van der Waals surface area contributed by atoms with Gasteiger partial charge in [-0.15, -0.1) is 0 Å². The van der Waals surface area contributed by atoms with E-state index in [9.17, 15) is 4.79 Å². The summed E-state index contributed by atoms with van der Waals surface area (Å²) in [5, 5.41) is 0. The highest BCUT2D eigenvalue weighted by atomic mass is 16.1. The van der Waals surface area contributed by atoms with E-state index in [0.29, 0.717) is 22.5 Å². The predicted octanol–water partition coefficient (Wildman–Crippen LogP) is 5.62. The lowest BCUT2D eigenvalue weighted by Crippen LogP contribution is -2.56. The molecule has 0 aliphatic heterocycles. The van der Waals surface area contributed by atoms with Gasteiger partial charge < -0.3 is 0 Å². The van der Waals surface area contributed by atoms with Crippen LogP contribution < -0.4 is 0 Å². The second-order valence-electron chi connectivity index (χ2n) is 9.61. The van der Waals surface area contributed by atoms with E-state index in [4.69, 9.17) is 0 Å². The molecule has 0 aromatic carbocycles. The molecule has 0 aromatic rings. The van der Waals surface area contributed by atoms with Crippen molar-refractivity contribution >= 4 is 5.78 Å². The van der Waals surface area contributed by atoms with Crippen molar-refractivity contribution in [2.75, 3.05) is 0 Å². The van der Waals surface area contributed by atoms with Gasteiger partial charge in [0.05, 0.1) is 0 Å². The predicted molar refractivity (Wildman–Crippen MR) is 90.5 cm³/mol. The van der Waals surface area contributed by atoms with Crippen molar-refractivity contribution in [2.45, 2.75) is 85.0 Å². The number of Topliss-reactive ketones (excluding diaryl/α,β-unsaturated/α-hetero) is 1. The molecule has 0 bridgehead atoms. The second-order valence-corrected chi connectivity index (χ2v) is 9.61. The van der Waals surface area contributed by atoms with Gasteiger partial charge in [0.15, 0.2) is 0 Å². The molecule has 4 rings (SSSR count). The van der Waals surface area contributed by atoms with E-state index in [1.165, 1.54) is 57.8 Å². The smallest absolute Gasteiger partial charge is 0.137 e. The Morgan fingerprint density at radius 1 is 1.00 bits per heavy atom. The number of hydrogen-bond donors (Lipinski definition) is 0. The molecule has 0 radical (unpaired) electrons. The van der Waals surface area contributed by atoms with Gasteiger partial charge in [-0.05, 0) is 73.0 Å². The molecule has 0 heterocycles. The molecule has 0 aromatic heterocycles. The van der Waals surface area contributed by atoms with E-state index < -0.39 is 0 Å². The monoisotopic (exact) mass is 302 g/mol. The van der Waals surface area contributed by atoms with Crippen LogP contribution in [0.5, 0.6) is 0 Å². The Labute approximate surface area is 136 Å². The van der Waals surface area contributed by atoms with Gasteiger partial charge in [0.1, 0.15) is 5.78 Å². The third kappa shape index (κ3) is 1.86. The molecule has 0 saturated heterocycles. The molecule has 4 aliphatic carbocycles. The number of carbonyl (C=O) groups excluding carboxylic acids is 1. The lowest BCUT2D eigenvalue weighted by Gasteiger charge is -2.59. The molecule has 0 spiro atoms.